The Kier molecular flexibility index (Phi) is 9.05. The van der Waals surface area contributed by atoms with Gasteiger partial charge in [0.25, 0.3) is 5.91 Å². The molecule has 3 heterocycles. The summed E-state index contributed by atoms with van der Waals surface area (Å²) in [7, 11) is 0. The van der Waals surface area contributed by atoms with E-state index < -0.39 is 0 Å². The van der Waals surface area contributed by atoms with Crippen molar-refractivity contribution in [3.8, 4) is 11.5 Å². The van der Waals surface area contributed by atoms with Crippen molar-refractivity contribution in [3.63, 3.8) is 0 Å². The van der Waals surface area contributed by atoms with E-state index in [2.05, 4.69) is 40.1 Å². The van der Waals surface area contributed by atoms with Gasteiger partial charge in [-0.2, -0.15) is 0 Å². The first kappa shape index (κ1) is 27.4. The van der Waals surface area contributed by atoms with E-state index in [0.717, 1.165) is 6.42 Å². The van der Waals surface area contributed by atoms with Gasteiger partial charge in [0.15, 0.2) is 11.5 Å². The largest absolute Gasteiger partial charge is 0.461 e. The standard InChI is InChI=1S/C31H35N5O4/c32-16-7-13-26-31(38)36(21-25(22-9-3-1-4-10-22)23-11-5-2-6-12-23)17-15-24(34-26)20-33-30(37)27-19-29(40-35-27)28-14-8-18-39-28/h1-6,8-12,14,18-19,24-26,34H,7,13,15-17,20-21,32H2,(H,33,37)/t24-,26-/m0/s1. The molecule has 4 N–H and O–H groups in total. The highest BCUT2D eigenvalue weighted by molar-refractivity contribution is 5.93. The average molecular weight is 542 g/mol. The van der Waals surface area contributed by atoms with Crippen LogP contribution in [0.1, 0.15) is 46.8 Å². The lowest BCUT2D eigenvalue weighted by atomic mass is 9.90. The minimum Gasteiger partial charge on any atom is -0.461 e. The number of aromatic nitrogens is 1. The molecule has 2 amide bonds. The highest BCUT2D eigenvalue weighted by atomic mass is 16.5. The van der Waals surface area contributed by atoms with Gasteiger partial charge in [-0.05, 0) is 49.1 Å². The summed E-state index contributed by atoms with van der Waals surface area (Å²) in [6.45, 7) is 2.01. The minimum absolute atomic E-state index is 0.0493. The molecule has 4 aromatic rings. The fourth-order valence-electron chi connectivity index (χ4n) is 5.17. The second-order valence-corrected chi connectivity index (χ2v) is 10.1. The van der Waals surface area contributed by atoms with Crippen molar-refractivity contribution in [1.29, 1.82) is 0 Å². The highest BCUT2D eigenvalue weighted by Crippen LogP contribution is 2.27. The molecular weight excluding hydrogens is 506 g/mol. The van der Waals surface area contributed by atoms with Crippen molar-refractivity contribution in [2.75, 3.05) is 26.2 Å². The maximum absolute atomic E-state index is 13.8. The lowest BCUT2D eigenvalue weighted by Gasteiger charge is -2.29. The number of furan rings is 1. The number of hydrogen-bond donors (Lipinski definition) is 3. The second-order valence-electron chi connectivity index (χ2n) is 10.1. The summed E-state index contributed by atoms with van der Waals surface area (Å²) < 4.78 is 10.6. The summed E-state index contributed by atoms with van der Waals surface area (Å²) in [5, 5.41) is 10.3. The fourth-order valence-corrected chi connectivity index (χ4v) is 5.17. The molecule has 0 saturated carbocycles. The summed E-state index contributed by atoms with van der Waals surface area (Å²) in [5.41, 5.74) is 8.31. The maximum Gasteiger partial charge on any atom is 0.273 e. The summed E-state index contributed by atoms with van der Waals surface area (Å²) in [6, 6.07) is 25.2. The molecule has 1 aliphatic rings. The van der Waals surface area contributed by atoms with Gasteiger partial charge in [0, 0.05) is 37.7 Å². The van der Waals surface area contributed by atoms with Crippen LogP contribution < -0.4 is 16.4 Å². The average Bonchev–Trinajstić information content (AvgIpc) is 3.68. The lowest BCUT2D eigenvalue weighted by molar-refractivity contribution is -0.133. The maximum atomic E-state index is 13.8. The number of benzene rings is 2. The van der Waals surface area contributed by atoms with Crippen molar-refractivity contribution in [3.05, 3.63) is 102 Å². The van der Waals surface area contributed by atoms with Crippen LogP contribution in [0.3, 0.4) is 0 Å². The Labute approximate surface area is 233 Å². The van der Waals surface area contributed by atoms with E-state index >= 15 is 0 Å². The van der Waals surface area contributed by atoms with Gasteiger partial charge in [0.1, 0.15) is 0 Å². The van der Waals surface area contributed by atoms with Crippen LogP contribution in [0.15, 0.2) is 94.1 Å². The number of carbonyl (C=O) groups is 2. The van der Waals surface area contributed by atoms with Crippen molar-refractivity contribution in [1.82, 2.24) is 20.7 Å². The van der Waals surface area contributed by atoms with Crippen LogP contribution in [-0.4, -0.2) is 60.1 Å². The number of nitrogens with zero attached hydrogens (tertiary/aromatic N) is 2. The molecular formula is C31H35N5O4. The Bertz CT molecular complexity index is 1320. The topological polar surface area (TPSA) is 127 Å². The SMILES string of the molecule is NCCC[C@@H]1N[C@H](CNC(=O)c2cc(-c3ccco3)on2)CCN(CC(c2ccccc2)c2ccccc2)C1=O. The Morgan fingerprint density at radius 1 is 1.05 bits per heavy atom. The fraction of sp³-hybridized carbons (Fsp3) is 0.323. The second kappa shape index (κ2) is 13.2. The quantitative estimate of drug-likeness (QED) is 0.264. The normalized spacial score (nSPS) is 17.6. The number of amides is 2. The summed E-state index contributed by atoms with van der Waals surface area (Å²) in [6.07, 6.45) is 3.58. The van der Waals surface area contributed by atoms with Crippen LogP contribution in [0.25, 0.3) is 11.5 Å². The first-order valence-electron chi connectivity index (χ1n) is 13.8. The molecule has 2 aromatic carbocycles. The van der Waals surface area contributed by atoms with E-state index in [4.69, 9.17) is 14.7 Å². The summed E-state index contributed by atoms with van der Waals surface area (Å²) in [4.78, 5) is 28.6. The summed E-state index contributed by atoms with van der Waals surface area (Å²) >= 11 is 0. The van der Waals surface area contributed by atoms with Gasteiger partial charge in [-0.25, -0.2) is 0 Å². The molecule has 1 aliphatic heterocycles. The molecule has 40 heavy (non-hydrogen) atoms. The Morgan fingerprint density at radius 3 is 2.42 bits per heavy atom. The van der Waals surface area contributed by atoms with Crippen molar-refractivity contribution in [2.24, 2.45) is 5.73 Å². The van der Waals surface area contributed by atoms with Gasteiger partial charge in [0.05, 0.1) is 12.3 Å². The number of nitrogens with two attached hydrogens (primary N) is 1. The van der Waals surface area contributed by atoms with E-state index in [0.29, 0.717) is 50.5 Å². The van der Waals surface area contributed by atoms with E-state index in [-0.39, 0.29) is 35.5 Å². The molecule has 0 radical (unpaired) electrons. The number of hydrogen-bond acceptors (Lipinski definition) is 7. The van der Waals surface area contributed by atoms with Gasteiger partial charge < -0.3 is 30.2 Å². The van der Waals surface area contributed by atoms with E-state index in [1.54, 1.807) is 18.2 Å². The van der Waals surface area contributed by atoms with Crippen LogP contribution >= 0.6 is 0 Å². The molecule has 2 aromatic heterocycles. The molecule has 9 nitrogen and oxygen atoms in total. The molecule has 0 aliphatic carbocycles. The number of rotatable bonds is 11. The van der Waals surface area contributed by atoms with Crippen LogP contribution in [0.4, 0.5) is 0 Å². The molecule has 208 valence electrons. The van der Waals surface area contributed by atoms with E-state index in [9.17, 15) is 9.59 Å². The third-order valence-electron chi connectivity index (χ3n) is 7.31. The third-order valence-corrected chi connectivity index (χ3v) is 7.31. The molecule has 1 fully saturated rings. The summed E-state index contributed by atoms with van der Waals surface area (Å²) in [5.74, 6) is 0.661. The highest BCUT2D eigenvalue weighted by Gasteiger charge is 2.32. The first-order valence-corrected chi connectivity index (χ1v) is 13.8. The lowest BCUT2D eigenvalue weighted by Crippen LogP contribution is -2.49. The number of carbonyl (C=O) groups excluding carboxylic acids is 2. The Balaban J connectivity index is 1.28. The van der Waals surface area contributed by atoms with Crippen molar-refractivity contribution < 1.29 is 18.5 Å². The van der Waals surface area contributed by atoms with Crippen LogP contribution in [0.2, 0.25) is 0 Å². The minimum atomic E-state index is -0.377. The Hall–Kier alpha value is -4.21. The molecule has 0 bridgehead atoms. The molecule has 5 rings (SSSR count). The zero-order valence-corrected chi connectivity index (χ0v) is 22.4. The van der Waals surface area contributed by atoms with Crippen molar-refractivity contribution >= 4 is 11.8 Å². The van der Waals surface area contributed by atoms with Gasteiger partial charge in [0.2, 0.25) is 11.7 Å². The van der Waals surface area contributed by atoms with Gasteiger partial charge in [-0.1, -0.05) is 65.8 Å². The van der Waals surface area contributed by atoms with Crippen LogP contribution in [0.5, 0.6) is 0 Å². The van der Waals surface area contributed by atoms with E-state index in [1.807, 2.05) is 41.3 Å². The van der Waals surface area contributed by atoms with Crippen LogP contribution in [-0.2, 0) is 4.79 Å². The Morgan fingerprint density at radius 2 is 1.77 bits per heavy atom. The van der Waals surface area contributed by atoms with E-state index in [1.165, 1.54) is 17.4 Å². The zero-order valence-electron chi connectivity index (χ0n) is 22.4. The monoisotopic (exact) mass is 541 g/mol. The molecule has 0 unspecified atom stereocenters. The van der Waals surface area contributed by atoms with Gasteiger partial charge >= 0.3 is 0 Å². The number of nitrogens with one attached hydrogen (secondary N) is 2. The van der Waals surface area contributed by atoms with Gasteiger partial charge in [-0.15, -0.1) is 0 Å². The smallest absolute Gasteiger partial charge is 0.273 e. The molecule has 9 heteroatoms. The molecule has 2 atom stereocenters. The first-order chi connectivity index (χ1) is 19.6. The van der Waals surface area contributed by atoms with Crippen molar-refractivity contribution in [2.45, 2.75) is 37.3 Å². The third kappa shape index (κ3) is 6.67. The van der Waals surface area contributed by atoms with Crippen LogP contribution in [0, 0.1) is 0 Å². The predicted molar refractivity (Wildman–Crippen MR) is 151 cm³/mol. The predicted octanol–water partition coefficient (Wildman–Crippen LogP) is 3.79. The molecule has 0 spiro atoms. The van der Waals surface area contributed by atoms with Gasteiger partial charge in [-0.3, -0.25) is 9.59 Å². The zero-order chi connectivity index (χ0) is 27.7. The molecule has 1 saturated heterocycles.